The third-order valence-electron chi connectivity index (χ3n) is 4.33. The predicted molar refractivity (Wildman–Crippen MR) is 75.7 cm³/mol. The zero-order chi connectivity index (χ0) is 15.7. The van der Waals surface area contributed by atoms with Crippen molar-refractivity contribution in [2.75, 3.05) is 44.2 Å². The summed E-state index contributed by atoms with van der Waals surface area (Å²) in [5, 5.41) is 13.1. The van der Waals surface area contributed by atoms with Gasteiger partial charge in [0, 0.05) is 51.5 Å². The van der Waals surface area contributed by atoms with E-state index in [1.807, 2.05) is 4.90 Å². The highest BCUT2D eigenvalue weighted by Gasteiger charge is 2.33. The normalized spacial score (nSPS) is 27.4. The van der Waals surface area contributed by atoms with Crippen molar-refractivity contribution in [2.24, 2.45) is 0 Å². The molecule has 2 atom stereocenters. The number of piperazine rings is 1. The number of halogens is 3. The first-order chi connectivity index (χ1) is 10.4. The topological polar surface area (TPSA) is 51.6 Å². The van der Waals surface area contributed by atoms with E-state index in [0.29, 0.717) is 25.5 Å². The van der Waals surface area contributed by atoms with Crippen molar-refractivity contribution in [1.82, 2.24) is 15.2 Å². The quantitative estimate of drug-likeness (QED) is 0.835. The first kappa shape index (κ1) is 15.5. The number of pyridine rings is 1. The maximum Gasteiger partial charge on any atom is 0.417 e. The second kappa shape index (κ2) is 6.02. The van der Waals surface area contributed by atoms with Crippen molar-refractivity contribution in [3.63, 3.8) is 0 Å². The summed E-state index contributed by atoms with van der Waals surface area (Å²) in [7, 11) is 0. The molecule has 3 heterocycles. The molecule has 2 fully saturated rings. The van der Waals surface area contributed by atoms with Gasteiger partial charge in [-0.3, -0.25) is 4.90 Å². The molecular weight excluding hydrogens is 297 g/mol. The molecule has 0 spiro atoms. The van der Waals surface area contributed by atoms with Crippen molar-refractivity contribution in [3.05, 3.63) is 23.9 Å². The molecule has 0 saturated carbocycles. The Balaban J connectivity index is 1.59. The van der Waals surface area contributed by atoms with Crippen LogP contribution >= 0.6 is 0 Å². The van der Waals surface area contributed by atoms with Crippen LogP contribution in [-0.2, 0) is 6.18 Å². The van der Waals surface area contributed by atoms with E-state index in [9.17, 15) is 18.3 Å². The summed E-state index contributed by atoms with van der Waals surface area (Å²) in [6.07, 6.45) is -3.82. The molecule has 22 heavy (non-hydrogen) atoms. The second-order valence-electron chi connectivity index (χ2n) is 5.72. The molecule has 8 heteroatoms. The van der Waals surface area contributed by atoms with Crippen molar-refractivity contribution >= 4 is 5.82 Å². The first-order valence-corrected chi connectivity index (χ1v) is 7.36. The van der Waals surface area contributed by atoms with Gasteiger partial charge in [0.1, 0.15) is 5.82 Å². The largest absolute Gasteiger partial charge is 0.417 e. The van der Waals surface area contributed by atoms with E-state index in [0.717, 1.165) is 31.9 Å². The molecule has 2 aliphatic rings. The lowest BCUT2D eigenvalue weighted by Gasteiger charge is -2.39. The molecule has 0 amide bonds. The van der Waals surface area contributed by atoms with Gasteiger partial charge in [-0.25, -0.2) is 4.98 Å². The van der Waals surface area contributed by atoms with Gasteiger partial charge in [0.25, 0.3) is 0 Å². The lowest BCUT2D eigenvalue weighted by atomic mass is 10.1. The van der Waals surface area contributed by atoms with Crippen LogP contribution in [0.1, 0.15) is 5.56 Å². The fourth-order valence-corrected chi connectivity index (χ4v) is 3.05. The Hall–Kier alpha value is -1.38. The number of hydrogen-bond donors (Lipinski definition) is 2. The molecule has 2 saturated heterocycles. The fraction of sp³-hybridized carbons (Fsp3) is 0.643. The van der Waals surface area contributed by atoms with E-state index in [2.05, 4.69) is 15.2 Å². The van der Waals surface area contributed by atoms with Crippen LogP contribution in [0.4, 0.5) is 19.0 Å². The van der Waals surface area contributed by atoms with Gasteiger partial charge in [0.2, 0.25) is 0 Å². The van der Waals surface area contributed by atoms with Gasteiger partial charge in [-0.2, -0.15) is 13.2 Å². The predicted octanol–water partition coefficient (Wildman–Crippen LogP) is 0.555. The van der Waals surface area contributed by atoms with Crippen LogP contribution < -0.4 is 10.2 Å². The number of β-amino-alcohol motifs (C(OH)–C–C–N with tert-alkyl or cyclic N) is 1. The number of nitrogens with one attached hydrogen (secondary N) is 1. The van der Waals surface area contributed by atoms with Crippen molar-refractivity contribution in [1.29, 1.82) is 0 Å². The van der Waals surface area contributed by atoms with Gasteiger partial charge in [0.05, 0.1) is 11.7 Å². The molecule has 2 aliphatic heterocycles. The highest BCUT2D eigenvalue weighted by Crippen LogP contribution is 2.29. The van der Waals surface area contributed by atoms with E-state index in [4.69, 9.17) is 0 Å². The number of anilines is 1. The molecule has 0 aliphatic carbocycles. The Morgan fingerprint density at radius 3 is 2.36 bits per heavy atom. The average Bonchev–Trinajstić information content (AvgIpc) is 2.93. The van der Waals surface area contributed by atoms with E-state index in [-0.39, 0.29) is 12.1 Å². The molecule has 0 radical (unpaired) electrons. The van der Waals surface area contributed by atoms with E-state index in [1.54, 1.807) is 0 Å². The second-order valence-corrected chi connectivity index (χ2v) is 5.72. The van der Waals surface area contributed by atoms with Gasteiger partial charge in [-0.1, -0.05) is 0 Å². The van der Waals surface area contributed by atoms with Crippen molar-refractivity contribution < 1.29 is 18.3 Å². The summed E-state index contributed by atoms with van der Waals surface area (Å²) in [6, 6.07) is 2.62. The molecule has 1 unspecified atom stereocenters. The average molecular weight is 316 g/mol. The molecule has 122 valence electrons. The number of aromatic nitrogens is 1. The van der Waals surface area contributed by atoms with Crippen LogP contribution in [0.5, 0.6) is 0 Å². The third kappa shape index (κ3) is 3.18. The maximum absolute atomic E-state index is 12.5. The Labute approximate surface area is 126 Å². The molecule has 3 rings (SSSR count). The maximum atomic E-state index is 12.5. The number of hydrogen-bond acceptors (Lipinski definition) is 5. The van der Waals surface area contributed by atoms with Gasteiger partial charge < -0.3 is 15.3 Å². The summed E-state index contributed by atoms with van der Waals surface area (Å²) < 4.78 is 37.6. The smallest absolute Gasteiger partial charge is 0.390 e. The molecule has 0 aromatic carbocycles. The van der Waals surface area contributed by atoms with Gasteiger partial charge in [0.15, 0.2) is 0 Å². The molecule has 1 aromatic heterocycles. The number of aliphatic hydroxyl groups excluding tert-OH is 1. The number of rotatable bonds is 2. The van der Waals surface area contributed by atoms with Crippen LogP contribution in [0.25, 0.3) is 0 Å². The van der Waals surface area contributed by atoms with Crippen LogP contribution in [0, 0.1) is 0 Å². The Morgan fingerprint density at radius 1 is 1.14 bits per heavy atom. The molecule has 5 nitrogen and oxygen atoms in total. The standard InChI is InChI=1S/C14H19F3N4O/c15-14(16,17)10-1-2-13(19-7-10)21-5-3-20(4-6-21)11-8-18-9-12(11)22/h1-2,7,11-12,18,22H,3-6,8-9H2/t11?,12-/m1/s1. The van der Waals surface area contributed by atoms with Crippen LogP contribution in [0.15, 0.2) is 18.3 Å². The minimum absolute atomic E-state index is 0.128. The number of aliphatic hydroxyl groups is 1. The number of nitrogens with zero attached hydrogens (tertiary/aromatic N) is 3. The minimum Gasteiger partial charge on any atom is -0.390 e. The summed E-state index contributed by atoms with van der Waals surface area (Å²) in [6.45, 7) is 4.33. The molecule has 0 bridgehead atoms. The minimum atomic E-state index is -4.35. The number of alkyl halides is 3. The Kier molecular flexibility index (Phi) is 4.24. The lowest BCUT2D eigenvalue weighted by Crippen LogP contribution is -2.53. The van der Waals surface area contributed by atoms with E-state index < -0.39 is 11.7 Å². The summed E-state index contributed by atoms with van der Waals surface area (Å²) in [4.78, 5) is 8.14. The lowest BCUT2D eigenvalue weighted by molar-refractivity contribution is -0.137. The van der Waals surface area contributed by atoms with Crippen LogP contribution in [0.2, 0.25) is 0 Å². The van der Waals surface area contributed by atoms with Gasteiger partial charge in [-0.15, -0.1) is 0 Å². The monoisotopic (exact) mass is 316 g/mol. The summed E-state index contributed by atoms with van der Waals surface area (Å²) in [5.74, 6) is 0.567. The van der Waals surface area contributed by atoms with Crippen LogP contribution in [-0.4, -0.2) is 66.4 Å². The van der Waals surface area contributed by atoms with Crippen LogP contribution in [0.3, 0.4) is 0 Å². The molecular formula is C14H19F3N4O. The Bertz CT molecular complexity index is 500. The van der Waals surface area contributed by atoms with E-state index >= 15 is 0 Å². The summed E-state index contributed by atoms with van der Waals surface area (Å²) >= 11 is 0. The van der Waals surface area contributed by atoms with Crippen molar-refractivity contribution in [3.8, 4) is 0 Å². The zero-order valence-electron chi connectivity index (χ0n) is 12.1. The fourth-order valence-electron chi connectivity index (χ4n) is 3.05. The highest BCUT2D eigenvalue weighted by molar-refractivity contribution is 5.40. The molecule has 2 N–H and O–H groups in total. The summed E-state index contributed by atoms with van der Waals surface area (Å²) in [5.41, 5.74) is -0.727. The van der Waals surface area contributed by atoms with E-state index in [1.165, 1.54) is 6.07 Å². The van der Waals surface area contributed by atoms with Crippen molar-refractivity contribution in [2.45, 2.75) is 18.3 Å². The highest BCUT2D eigenvalue weighted by atomic mass is 19.4. The zero-order valence-corrected chi connectivity index (χ0v) is 12.1. The SMILES string of the molecule is O[C@@H]1CNCC1N1CCN(c2ccc(C(F)(F)F)cn2)CC1. The van der Waals surface area contributed by atoms with Gasteiger partial charge >= 0.3 is 6.18 Å². The van der Waals surface area contributed by atoms with Gasteiger partial charge in [-0.05, 0) is 12.1 Å². The Morgan fingerprint density at radius 2 is 1.86 bits per heavy atom. The molecule has 1 aromatic rings. The first-order valence-electron chi connectivity index (χ1n) is 7.36. The third-order valence-corrected chi connectivity index (χ3v) is 4.33.